The van der Waals surface area contributed by atoms with Crippen molar-refractivity contribution in [3.63, 3.8) is 0 Å². The summed E-state index contributed by atoms with van der Waals surface area (Å²) < 4.78 is 33.6. The molecule has 0 saturated carbocycles. The standard InChI is InChI=1S/C21H24N6O3S2/c1-4-11-27-18-9-8-16(32(28,29)26(2)3)13-17(18)22-20(27)14-31-21-23-19(24-25-21)10-7-15-6-5-12-30-15/h5-10,12-13H,4,11,14H2,1-3H3,(H,23,24,25)/b10-7+. The Balaban J connectivity index is 1.55. The van der Waals surface area contributed by atoms with E-state index in [-0.39, 0.29) is 4.90 Å². The minimum absolute atomic E-state index is 0.234. The first kappa shape index (κ1) is 22.3. The number of aromatic nitrogens is 5. The summed E-state index contributed by atoms with van der Waals surface area (Å²) in [6.45, 7) is 2.89. The summed E-state index contributed by atoms with van der Waals surface area (Å²) in [5, 5.41) is 7.75. The van der Waals surface area contributed by atoms with Crippen molar-refractivity contribution in [2.75, 3.05) is 14.1 Å². The Morgan fingerprint density at radius 2 is 2.06 bits per heavy atom. The number of aryl methyl sites for hydroxylation is 1. The lowest BCUT2D eigenvalue weighted by molar-refractivity contribution is 0.521. The fourth-order valence-corrected chi connectivity index (χ4v) is 4.86. The van der Waals surface area contributed by atoms with Crippen molar-refractivity contribution in [1.29, 1.82) is 0 Å². The molecule has 1 aromatic carbocycles. The third-order valence-corrected chi connectivity index (χ3v) is 7.44. The van der Waals surface area contributed by atoms with Crippen molar-refractivity contribution in [3.8, 4) is 0 Å². The van der Waals surface area contributed by atoms with E-state index in [4.69, 9.17) is 9.40 Å². The SMILES string of the molecule is CCCn1c(CSc2n[nH]c(/C=C/c3ccco3)n2)nc2cc(S(=O)(=O)N(C)C)ccc21. The van der Waals surface area contributed by atoms with Crippen molar-refractivity contribution in [3.05, 3.63) is 54.0 Å². The smallest absolute Gasteiger partial charge is 0.242 e. The predicted molar refractivity (Wildman–Crippen MR) is 124 cm³/mol. The Kier molecular flexibility index (Phi) is 6.49. The van der Waals surface area contributed by atoms with Crippen LogP contribution in [0.1, 0.15) is 30.8 Å². The Bertz CT molecular complexity index is 1340. The molecule has 3 heterocycles. The molecule has 0 aliphatic rings. The van der Waals surface area contributed by atoms with E-state index < -0.39 is 10.0 Å². The maximum Gasteiger partial charge on any atom is 0.242 e. The zero-order chi connectivity index (χ0) is 22.7. The molecule has 0 saturated heterocycles. The molecule has 0 unspecified atom stereocenters. The van der Waals surface area contributed by atoms with Gasteiger partial charge in [0.2, 0.25) is 15.2 Å². The predicted octanol–water partition coefficient (Wildman–Crippen LogP) is 3.87. The molecule has 3 aromatic heterocycles. The average molecular weight is 473 g/mol. The van der Waals surface area contributed by atoms with Crippen molar-refractivity contribution in [2.24, 2.45) is 0 Å². The third kappa shape index (κ3) is 4.64. The number of nitrogens with one attached hydrogen (secondary N) is 1. The van der Waals surface area contributed by atoms with Gasteiger partial charge in [0.1, 0.15) is 17.4 Å². The van der Waals surface area contributed by atoms with Crippen LogP contribution in [-0.4, -0.2) is 51.6 Å². The van der Waals surface area contributed by atoms with E-state index in [0.29, 0.717) is 22.3 Å². The van der Waals surface area contributed by atoms with Gasteiger partial charge in [0.15, 0.2) is 0 Å². The number of imidazole rings is 1. The summed E-state index contributed by atoms with van der Waals surface area (Å²) in [5.74, 6) is 2.77. The van der Waals surface area contributed by atoms with Crippen LogP contribution in [0.2, 0.25) is 0 Å². The van der Waals surface area contributed by atoms with Crippen LogP contribution in [0.25, 0.3) is 23.2 Å². The highest BCUT2D eigenvalue weighted by Crippen LogP contribution is 2.26. The summed E-state index contributed by atoms with van der Waals surface area (Å²) in [7, 11) is -0.477. The highest BCUT2D eigenvalue weighted by atomic mass is 32.2. The highest BCUT2D eigenvalue weighted by molar-refractivity contribution is 7.98. The van der Waals surface area contributed by atoms with E-state index in [0.717, 1.165) is 30.1 Å². The molecule has 168 valence electrons. The molecule has 4 rings (SSSR count). The van der Waals surface area contributed by atoms with Crippen LogP contribution in [0.3, 0.4) is 0 Å². The van der Waals surface area contributed by atoms with Crippen molar-refractivity contribution in [1.82, 2.24) is 29.0 Å². The fraction of sp³-hybridized carbons (Fsp3) is 0.286. The highest BCUT2D eigenvalue weighted by Gasteiger charge is 2.20. The number of benzene rings is 1. The van der Waals surface area contributed by atoms with Gasteiger partial charge in [-0.25, -0.2) is 22.7 Å². The molecular formula is C21H24N6O3S2. The number of fused-ring (bicyclic) bond motifs is 1. The fourth-order valence-electron chi connectivity index (χ4n) is 3.19. The zero-order valence-corrected chi connectivity index (χ0v) is 19.7. The molecule has 0 spiro atoms. The monoisotopic (exact) mass is 472 g/mol. The minimum Gasteiger partial charge on any atom is -0.465 e. The topological polar surface area (TPSA) is 110 Å². The Morgan fingerprint density at radius 1 is 1.22 bits per heavy atom. The zero-order valence-electron chi connectivity index (χ0n) is 18.0. The molecule has 0 radical (unpaired) electrons. The van der Waals surface area contributed by atoms with Crippen LogP contribution in [0.4, 0.5) is 0 Å². The Labute approximate surface area is 190 Å². The normalized spacial score (nSPS) is 12.5. The van der Waals surface area contributed by atoms with Crippen LogP contribution < -0.4 is 0 Å². The van der Waals surface area contributed by atoms with Gasteiger partial charge in [-0.15, -0.1) is 5.10 Å². The van der Waals surface area contributed by atoms with E-state index in [1.807, 2.05) is 24.3 Å². The lowest BCUT2D eigenvalue weighted by atomic mass is 10.3. The first-order chi connectivity index (χ1) is 15.4. The number of hydrogen-bond acceptors (Lipinski definition) is 7. The van der Waals surface area contributed by atoms with Gasteiger partial charge in [0.05, 0.1) is 27.9 Å². The van der Waals surface area contributed by atoms with Crippen molar-refractivity contribution >= 4 is 45.0 Å². The number of aromatic amines is 1. The van der Waals surface area contributed by atoms with Gasteiger partial charge in [-0.3, -0.25) is 5.10 Å². The number of furan rings is 1. The molecule has 0 bridgehead atoms. The van der Waals surface area contributed by atoms with E-state index in [9.17, 15) is 8.42 Å². The molecule has 9 nitrogen and oxygen atoms in total. The number of rotatable bonds is 9. The maximum atomic E-state index is 12.5. The number of thioether (sulfide) groups is 1. The van der Waals surface area contributed by atoms with Gasteiger partial charge >= 0.3 is 0 Å². The van der Waals surface area contributed by atoms with E-state index >= 15 is 0 Å². The molecule has 4 aromatic rings. The molecule has 0 aliphatic carbocycles. The lowest BCUT2D eigenvalue weighted by Crippen LogP contribution is -2.22. The Morgan fingerprint density at radius 3 is 2.78 bits per heavy atom. The van der Waals surface area contributed by atoms with Crippen LogP contribution in [-0.2, 0) is 22.3 Å². The van der Waals surface area contributed by atoms with Gasteiger partial charge in [-0.1, -0.05) is 18.7 Å². The summed E-state index contributed by atoms with van der Waals surface area (Å²) in [6, 6.07) is 8.77. The quantitative estimate of drug-likeness (QED) is 0.368. The molecule has 32 heavy (non-hydrogen) atoms. The number of sulfonamides is 1. The van der Waals surface area contributed by atoms with E-state index in [1.165, 1.54) is 30.2 Å². The summed E-state index contributed by atoms with van der Waals surface area (Å²) in [4.78, 5) is 9.42. The Hall–Kier alpha value is -2.89. The molecule has 0 aliphatic heterocycles. The second-order valence-corrected chi connectivity index (χ2v) is 10.4. The molecule has 0 atom stereocenters. The average Bonchev–Trinajstić information content (AvgIpc) is 3.51. The number of nitrogens with zero attached hydrogens (tertiary/aromatic N) is 5. The van der Waals surface area contributed by atoms with Crippen molar-refractivity contribution in [2.45, 2.75) is 35.7 Å². The summed E-state index contributed by atoms with van der Waals surface area (Å²) in [6.07, 6.45) is 6.16. The van der Waals surface area contributed by atoms with Gasteiger partial charge in [0.25, 0.3) is 0 Å². The maximum absolute atomic E-state index is 12.5. The van der Waals surface area contributed by atoms with E-state index in [1.54, 1.807) is 24.5 Å². The van der Waals surface area contributed by atoms with Crippen LogP contribution in [0.5, 0.6) is 0 Å². The van der Waals surface area contributed by atoms with Crippen LogP contribution in [0, 0.1) is 0 Å². The summed E-state index contributed by atoms with van der Waals surface area (Å²) in [5.41, 5.74) is 1.58. The second-order valence-electron chi connectivity index (χ2n) is 7.26. The second kappa shape index (κ2) is 9.31. The van der Waals surface area contributed by atoms with Gasteiger partial charge in [0, 0.05) is 20.6 Å². The van der Waals surface area contributed by atoms with Crippen LogP contribution in [0.15, 0.2) is 51.1 Å². The van der Waals surface area contributed by atoms with Crippen LogP contribution >= 0.6 is 11.8 Å². The van der Waals surface area contributed by atoms with Gasteiger partial charge < -0.3 is 8.98 Å². The van der Waals surface area contributed by atoms with Gasteiger partial charge in [-0.05, 0) is 48.9 Å². The third-order valence-electron chi connectivity index (χ3n) is 4.79. The van der Waals surface area contributed by atoms with Crippen molar-refractivity contribution < 1.29 is 12.8 Å². The summed E-state index contributed by atoms with van der Waals surface area (Å²) >= 11 is 1.47. The first-order valence-corrected chi connectivity index (χ1v) is 12.5. The molecule has 0 fully saturated rings. The molecule has 1 N–H and O–H groups in total. The number of hydrogen-bond donors (Lipinski definition) is 1. The largest absolute Gasteiger partial charge is 0.465 e. The van der Waals surface area contributed by atoms with E-state index in [2.05, 4.69) is 26.7 Å². The van der Waals surface area contributed by atoms with Gasteiger partial charge in [-0.2, -0.15) is 0 Å². The lowest BCUT2D eigenvalue weighted by Gasteiger charge is -2.11. The molecular weight excluding hydrogens is 448 g/mol. The minimum atomic E-state index is -3.52. The molecule has 11 heteroatoms. The number of H-pyrrole nitrogens is 1. The first-order valence-electron chi connectivity index (χ1n) is 10.1. The molecule has 0 amide bonds.